The Morgan fingerprint density at radius 1 is 1.24 bits per heavy atom. The van der Waals surface area contributed by atoms with Gasteiger partial charge in [0.15, 0.2) is 0 Å². The van der Waals surface area contributed by atoms with Crippen LogP contribution in [0.15, 0.2) is 0 Å². The fourth-order valence-electron chi connectivity index (χ4n) is 1.66. The number of piperazine rings is 1. The fraction of sp³-hybridized carbons (Fsp3) is 0.917. The molecule has 17 heavy (non-hydrogen) atoms. The smallest absolute Gasteiger partial charge is 0.219 e. The van der Waals surface area contributed by atoms with Gasteiger partial charge in [-0.2, -0.15) is 0 Å². The Balaban J connectivity index is 0.00000121. The second kappa shape index (κ2) is 9.36. The maximum Gasteiger partial charge on any atom is 0.219 e. The van der Waals surface area contributed by atoms with Gasteiger partial charge in [0, 0.05) is 46.2 Å². The van der Waals surface area contributed by atoms with E-state index >= 15 is 0 Å². The summed E-state index contributed by atoms with van der Waals surface area (Å²) >= 11 is 0. The third-order valence-electron chi connectivity index (χ3n) is 2.82. The summed E-state index contributed by atoms with van der Waals surface area (Å²) in [4.78, 5) is 16.8. The van der Waals surface area contributed by atoms with Gasteiger partial charge in [0.25, 0.3) is 0 Å². The highest BCUT2D eigenvalue weighted by Crippen LogP contribution is 2.01. The van der Waals surface area contributed by atoms with E-state index in [1.807, 2.05) is 18.7 Å². The zero-order chi connectivity index (χ0) is 13.3. The molecule has 0 bridgehead atoms. The van der Waals surface area contributed by atoms with Crippen LogP contribution >= 0.6 is 0 Å². The van der Waals surface area contributed by atoms with Crippen molar-refractivity contribution in [1.29, 1.82) is 0 Å². The summed E-state index contributed by atoms with van der Waals surface area (Å²) in [7, 11) is 1.77. The molecule has 0 N–H and O–H groups in total. The molecule has 1 aliphatic heterocycles. The third kappa shape index (κ3) is 6.58. The lowest BCUT2D eigenvalue weighted by Gasteiger charge is -2.34. The van der Waals surface area contributed by atoms with E-state index in [0.29, 0.717) is 0 Å². The van der Waals surface area contributed by atoms with Crippen molar-refractivity contribution >= 4 is 5.91 Å². The molecule has 0 saturated carbocycles. The maximum atomic E-state index is 12.2. The molecule has 0 aliphatic carbocycles. The summed E-state index contributed by atoms with van der Waals surface area (Å²) in [5.41, 5.74) is 0. The molecule has 0 aromatic carbocycles. The molecule has 102 valence electrons. The van der Waals surface area contributed by atoms with E-state index in [1.54, 1.807) is 18.9 Å². The van der Waals surface area contributed by atoms with Gasteiger partial charge < -0.3 is 4.90 Å². The average Bonchev–Trinajstić information content (AvgIpc) is 2.38. The number of halogens is 1. The van der Waals surface area contributed by atoms with Crippen LogP contribution in [0.1, 0.15) is 20.8 Å². The molecule has 0 radical (unpaired) electrons. The molecule has 0 aromatic heterocycles. The minimum atomic E-state index is -0.395. The first kappa shape index (κ1) is 16.3. The van der Waals surface area contributed by atoms with Crippen molar-refractivity contribution in [3.05, 3.63) is 0 Å². The first-order valence-corrected chi connectivity index (χ1v) is 6.36. The van der Waals surface area contributed by atoms with Gasteiger partial charge in [-0.3, -0.25) is 14.6 Å². The molecule has 1 aliphatic rings. The number of hydrogen-bond acceptors (Lipinski definition) is 3. The topological polar surface area (TPSA) is 26.8 Å². The Labute approximate surface area is 104 Å². The first-order chi connectivity index (χ1) is 8.13. The van der Waals surface area contributed by atoms with Crippen molar-refractivity contribution in [2.75, 3.05) is 53.1 Å². The summed E-state index contributed by atoms with van der Waals surface area (Å²) in [6.45, 7) is 10.2. The van der Waals surface area contributed by atoms with Gasteiger partial charge in [0.1, 0.15) is 6.80 Å². The van der Waals surface area contributed by atoms with Gasteiger partial charge in [-0.25, -0.2) is 4.39 Å². The highest BCUT2D eigenvalue weighted by atomic mass is 19.1. The standard InChI is InChI=1S/C10H20FN3O.C2H6/c1-10(15)14-7-5-13(6-8-14)4-3-12(2)9-11;1-2/h3-9H2,1-2H3;1-2H3. The quantitative estimate of drug-likeness (QED) is 0.694. The van der Waals surface area contributed by atoms with E-state index in [1.165, 1.54) is 0 Å². The SMILES string of the molecule is CC.CC(=O)N1CCN(CCN(C)CF)CC1. The summed E-state index contributed by atoms with van der Waals surface area (Å²) in [5.74, 6) is 0.149. The van der Waals surface area contributed by atoms with E-state index < -0.39 is 6.80 Å². The van der Waals surface area contributed by atoms with Crippen molar-refractivity contribution in [3.63, 3.8) is 0 Å². The number of rotatable bonds is 4. The molecule has 4 nitrogen and oxygen atoms in total. The molecule has 0 unspecified atom stereocenters. The maximum absolute atomic E-state index is 12.2. The lowest BCUT2D eigenvalue weighted by molar-refractivity contribution is -0.130. The first-order valence-electron chi connectivity index (χ1n) is 6.36. The van der Waals surface area contributed by atoms with Gasteiger partial charge in [-0.1, -0.05) is 13.8 Å². The molecule has 1 fully saturated rings. The summed E-state index contributed by atoms with van der Waals surface area (Å²) in [6, 6.07) is 0. The number of amides is 1. The number of hydrogen-bond donors (Lipinski definition) is 0. The molecule has 0 aromatic rings. The zero-order valence-corrected chi connectivity index (χ0v) is 11.6. The normalized spacial score (nSPS) is 16.7. The van der Waals surface area contributed by atoms with Gasteiger partial charge in [0.05, 0.1) is 0 Å². The molecule has 1 heterocycles. The summed E-state index contributed by atoms with van der Waals surface area (Å²) < 4.78 is 12.2. The van der Waals surface area contributed by atoms with Crippen LogP contribution in [0, 0.1) is 0 Å². The van der Waals surface area contributed by atoms with Gasteiger partial charge in [-0.15, -0.1) is 0 Å². The van der Waals surface area contributed by atoms with Crippen LogP contribution in [0.2, 0.25) is 0 Å². The van der Waals surface area contributed by atoms with Gasteiger partial charge in [0.2, 0.25) is 5.91 Å². The molecule has 1 saturated heterocycles. The molecule has 1 amide bonds. The fourth-order valence-corrected chi connectivity index (χ4v) is 1.66. The second-order valence-corrected chi connectivity index (χ2v) is 4.05. The van der Waals surface area contributed by atoms with Crippen molar-refractivity contribution < 1.29 is 9.18 Å². The van der Waals surface area contributed by atoms with Crippen molar-refractivity contribution in [3.8, 4) is 0 Å². The molecular formula is C12H26FN3O. The predicted molar refractivity (Wildman–Crippen MR) is 68.6 cm³/mol. The number of likely N-dealkylation sites (N-methyl/N-ethyl adjacent to an activating group) is 1. The minimum absolute atomic E-state index is 0.149. The van der Waals surface area contributed by atoms with Crippen LogP contribution in [0.4, 0.5) is 4.39 Å². The van der Waals surface area contributed by atoms with E-state index in [4.69, 9.17) is 0 Å². The van der Waals surface area contributed by atoms with E-state index in [9.17, 15) is 9.18 Å². The number of carbonyl (C=O) groups is 1. The van der Waals surface area contributed by atoms with Crippen LogP contribution in [0.25, 0.3) is 0 Å². The van der Waals surface area contributed by atoms with Crippen molar-refractivity contribution in [1.82, 2.24) is 14.7 Å². The largest absolute Gasteiger partial charge is 0.340 e. The third-order valence-corrected chi connectivity index (χ3v) is 2.82. The molecular weight excluding hydrogens is 221 g/mol. The minimum Gasteiger partial charge on any atom is -0.340 e. The number of alkyl halides is 1. The van der Waals surface area contributed by atoms with Crippen molar-refractivity contribution in [2.24, 2.45) is 0 Å². The van der Waals surface area contributed by atoms with Crippen LogP contribution in [-0.2, 0) is 4.79 Å². The summed E-state index contributed by atoms with van der Waals surface area (Å²) in [6.07, 6.45) is 0. The summed E-state index contributed by atoms with van der Waals surface area (Å²) in [5, 5.41) is 0. The molecule has 5 heteroatoms. The molecule has 1 rings (SSSR count). The Morgan fingerprint density at radius 2 is 1.76 bits per heavy atom. The molecule has 0 atom stereocenters. The Morgan fingerprint density at radius 3 is 2.18 bits per heavy atom. The van der Waals surface area contributed by atoms with Crippen LogP contribution in [0.3, 0.4) is 0 Å². The van der Waals surface area contributed by atoms with Crippen LogP contribution in [-0.4, -0.2) is 73.7 Å². The second-order valence-electron chi connectivity index (χ2n) is 4.05. The van der Waals surface area contributed by atoms with Crippen molar-refractivity contribution in [2.45, 2.75) is 20.8 Å². The average molecular weight is 247 g/mol. The monoisotopic (exact) mass is 247 g/mol. The van der Waals surface area contributed by atoms with Gasteiger partial charge >= 0.3 is 0 Å². The highest BCUT2D eigenvalue weighted by molar-refractivity contribution is 5.73. The van der Waals surface area contributed by atoms with Gasteiger partial charge in [-0.05, 0) is 7.05 Å². The van der Waals surface area contributed by atoms with Crippen LogP contribution in [0.5, 0.6) is 0 Å². The lowest BCUT2D eigenvalue weighted by atomic mass is 10.3. The van der Waals surface area contributed by atoms with E-state index in [-0.39, 0.29) is 5.91 Å². The Hall–Kier alpha value is -0.680. The van der Waals surface area contributed by atoms with E-state index in [0.717, 1.165) is 39.3 Å². The number of carbonyl (C=O) groups excluding carboxylic acids is 1. The Bertz CT molecular complexity index is 206. The highest BCUT2D eigenvalue weighted by Gasteiger charge is 2.18. The Kier molecular flexibility index (Phi) is 8.99. The number of nitrogens with zero attached hydrogens (tertiary/aromatic N) is 3. The molecule has 0 spiro atoms. The van der Waals surface area contributed by atoms with E-state index in [2.05, 4.69) is 4.90 Å². The predicted octanol–water partition coefficient (Wildman–Crippen LogP) is 1.04. The zero-order valence-electron chi connectivity index (χ0n) is 11.6. The van der Waals surface area contributed by atoms with Crippen LogP contribution < -0.4 is 0 Å². The lowest BCUT2D eigenvalue weighted by Crippen LogP contribution is -2.49.